The second kappa shape index (κ2) is 6.85. The van der Waals surface area contributed by atoms with Crippen molar-refractivity contribution >= 4 is 29.6 Å². The van der Waals surface area contributed by atoms with Gasteiger partial charge in [0.15, 0.2) is 5.11 Å². The highest BCUT2D eigenvalue weighted by molar-refractivity contribution is 7.80. The van der Waals surface area contributed by atoms with Crippen molar-refractivity contribution < 1.29 is 0 Å². The molecule has 110 valence electrons. The number of nitrogens with one attached hydrogen (secondary N) is 2. The van der Waals surface area contributed by atoms with E-state index in [1.165, 1.54) is 25.7 Å². The van der Waals surface area contributed by atoms with Crippen LogP contribution in [0.3, 0.4) is 0 Å². The standard InChI is InChI=1S/C17H21N3S/c21-17(19-16-12-14-8-9-15(16)11-14)20-18-10-4-7-13-5-2-1-3-6-13/h1-7,10,14-16H,8-9,11-12H2,(H2,19,20,21)/b7-4+,18-10-/t14-,15-,16+/m1/s1. The molecule has 0 saturated heterocycles. The summed E-state index contributed by atoms with van der Waals surface area (Å²) >= 11 is 5.29. The number of nitrogens with zero attached hydrogens (tertiary/aromatic N) is 1. The maximum Gasteiger partial charge on any atom is 0.187 e. The average Bonchev–Trinajstić information content (AvgIpc) is 3.10. The zero-order chi connectivity index (χ0) is 14.5. The first-order chi connectivity index (χ1) is 10.3. The van der Waals surface area contributed by atoms with Gasteiger partial charge in [-0.05, 0) is 55.0 Å². The molecular weight excluding hydrogens is 278 g/mol. The van der Waals surface area contributed by atoms with Gasteiger partial charge in [0.1, 0.15) is 0 Å². The molecule has 0 radical (unpaired) electrons. The molecule has 3 nitrogen and oxygen atoms in total. The van der Waals surface area contributed by atoms with Gasteiger partial charge in [0, 0.05) is 12.3 Å². The molecule has 2 saturated carbocycles. The molecule has 3 atom stereocenters. The number of thiocarbonyl (C=S) groups is 1. The van der Waals surface area contributed by atoms with E-state index in [4.69, 9.17) is 12.2 Å². The third kappa shape index (κ3) is 3.91. The van der Waals surface area contributed by atoms with Crippen LogP contribution in [0.25, 0.3) is 6.08 Å². The largest absolute Gasteiger partial charge is 0.358 e. The maximum atomic E-state index is 5.29. The van der Waals surface area contributed by atoms with Crippen LogP contribution in [0.1, 0.15) is 31.2 Å². The van der Waals surface area contributed by atoms with Crippen LogP contribution in [-0.4, -0.2) is 17.4 Å². The normalized spacial score (nSPS) is 27.5. The molecule has 0 aromatic heterocycles. The lowest BCUT2D eigenvalue weighted by molar-refractivity contribution is 0.389. The number of rotatable bonds is 4. The average molecular weight is 299 g/mol. The van der Waals surface area contributed by atoms with Gasteiger partial charge in [-0.25, -0.2) is 0 Å². The molecule has 21 heavy (non-hydrogen) atoms. The summed E-state index contributed by atoms with van der Waals surface area (Å²) in [7, 11) is 0. The molecule has 2 bridgehead atoms. The lowest BCUT2D eigenvalue weighted by Gasteiger charge is -2.23. The number of benzene rings is 1. The molecule has 0 heterocycles. The van der Waals surface area contributed by atoms with Gasteiger partial charge in [0.25, 0.3) is 0 Å². The zero-order valence-corrected chi connectivity index (χ0v) is 12.9. The van der Waals surface area contributed by atoms with Crippen LogP contribution in [-0.2, 0) is 0 Å². The van der Waals surface area contributed by atoms with Crippen molar-refractivity contribution in [2.75, 3.05) is 0 Å². The highest BCUT2D eigenvalue weighted by Crippen LogP contribution is 2.44. The fourth-order valence-electron chi connectivity index (χ4n) is 3.48. The first-order valence-corrected chi connectivity index (χ1v) is 8.03. The second-order valence-corrected chi connectivity index (χ2v) is 6.32. The fraction of sp³-hybridized carbons (Fsp3) is 0.412. The highest BCUT2D eigenvalue weighted by atomic mass is 32.1. The molecule has 2 fully saturated rings. The summed E-state index contributed by atoms with van der Waals surface area (Å²) in [5.74, 6) is 1.74. The number of fused-ring (bicyclic) bond motifs is 2. The number of hydrogen-bond donors (Lipinski definition) is 2. The molecular formula is C17H21N3S. The molecule has 0 unspecified atom stereocenters. The van der Waals surface area contributed by atoms with E-state index < -0.39 is 0 Å². The highest BCUT2D eigenvalue weighted by Gasteiger charge is 2.39. The first-order valence-electron chi connectivity index (χ1n) is 7.62. The van der Waals surface area contributed by atoms with Gasteiger partial charge in [-0.1, -0.05) is 42.8 Å². The zero-order valence-electron chi connectivity index (χ0n) is 12.0. The summed E-state index contributed by atoms with van der Waals surface area (Å²) in [4.78, 5) is 0. The first kappa shape index (κ1) is 14.3. The Morgan fingerprint density at radius 2 is 2.05 bits per heavy atom. The van der Waals surface area contributed by atoms with Gasteiger partial charge in [-0.15, -0.1) is 0 Å². The van der Waals surface area contributed by atoms with Gasteiger partial charge in [0.2, 0.25) is 0 Å². The van der Waals surface area contributed by atoms with Crippen LogP contribution in [0.2, 0.25) is 0 Å². The minimum Gasteiger partial charge on any atom is -0.358 e. The van der Waals surface area contributed by atoms with Gasteiger partial charge in [-0.2, -0.15) is 5.10 Å². The topological polar surface area (TPSA) is 36.4 Å². The van der Waals surface area contributed by atoms with Crippen LogP contribution in [0.5, 0.6) is 0 Å². The van der Waals surface area contributed by atoms with Crippen LogP contribution in [0.4, 0.5) is 0 Å². The van der Waals surface area contributed by atoms with E-state index in [0.717, 1.165) is 17.4 Å². The van der Waals surface area contributed by atoms with Crippen LogP contribution in [0, 0.1) is 11.8 Å². The van der Waals surface area contributed by atoms with E-state index in [9.17, 15) is 0 Å². The van der Waals surface area contributed by atoms with Crippen molar-refractivity contribution in [2.24, 2.45) is 16.9 Å². The van der Waals surface area contributed by atoms with Crippen molar-refractivity contribution in [1.29, 1.82) is 0 Å². The Labute approximate surface area is 131 Å². The van der Waals surface area contributed by atoms with Crippen LogP contribution in [0.15, 0.2) is 41.5 Å². The predicted octanol–water partition coefficient (Wildman–Crippen LogP) is 3.34. The SMILES string of the molecule is S=C(N/N=C\C=C\c1ccccc1)N[C@H]1C[C@@H]2CC[C@@H]1C2. The molecule has 0 amide bonds. The van der Waals surface area contributed by atoms with Crippen molar-refractivity contribution in [2.45, 2.75) is 31.7 Å². The van der Waals surface area contributed by atoms with Gasteiger partial charge < -0.3 is 5.32 Å². The summed E-state index contributed by atoms with van der Waals surface area (Å²) in [6, 6.07) is 10.7. The van der Waals surface area contributed by atoms with E-state index in [0.29, 0.717) is 11.2 Å². The molecule has 1 aromatic carbocycles. The third-order valence-electron chi connectivity index (χ3n) is 4.47. The van der Waals surface area contributed by atoms with Crippen LogP contribution >= 0.6 is 12.2 Å². The minimum atomic E-state index is 0.554. The number of allylic oxidation sites excluding steroid dienone is 1. The van der Waals surface area contributed by atoms with Gasteiger partial charge in [-0.3, -0.25) is 5.43 Å². The van der Waals surface area contributed by atoms with Crippen molar-refractivity contribution in [3.63, 3.8) is 0 Å². The summed E-state index contributed by atoms with van der Waals surface area (Å²) in [5.41, 5.74) is 4.05. The van der Waals surface area contributed by atoms with Crippen molar-refractivity contribution in [3.05, 3.63) is 42.0 Å². The molecule has 2 aliphatic rings. The third-order valence-corrected chi connectivity index (χ3v) is 4.68. The lowest BCUT2D eigenvalue weighted by atomic mass is 9.96. The number of hydrazone groups is 1. The van der Waals surface area contributed by atoms with Crippen molar-refractivity contribution in [3.8, 4) is 0 Å². The Kier molecular flexibility index (Phi) is 4.65. The predicted molar refractivity (Wildman–Crippen MR) is 92.1 cm³/mol. The fourth-order valence-corrected chi connectivity index (χ4v) is 3.68. The summed E-state index contributed by atoms with van der Waals surface area (Å²) < 4.78 is 0. The van der Waals surface area contributed by atoms with Gasteiger partial charge in [0.05, 0.1) is 0 Å². The minimum absolute atomic E-state index is 0.554. The Bertz CT molecular complexity index is 538. The number of hydrogen-bond acceptors (Lipinski definition) is 2. The molecule has 0 aliphatic heterocycles. The second-order valence-electron chi connectivity index (χ2n) is 5.91. The van der Waals surface area contributed by atoms with Crippen LogP contribution < -0.4 is 10.7 Å². The summed E-state index contributed by atoms with van der Waals surface area (Å²) in [6.07, 6.45) is 11.1. The Balaban J connectivity index is 1.39. The van der Waals surface area contributed by atoms with E-state index in [-0.39, 0.29) is 0 Å². The Morgan fingerprint density at radius 3 is 2.76 bits per heavy atom. The molecule has 2 N–H and O–H groups in total. The molecule has 0 spiro atoms. The molecule has 1 aromatic rings. The quantitative estimate of drug-likeness (QED) is 0.508. The maximum absolute atomic E-state index is 5.29. The summed E-state index contributed by atoms with van der Waals surface area (Å²) in [6.45, 7) is 0. The molecule has 2 aliphatic carbocycles. The molecule has 3 rings (SSSR count). The van der Waals surface area contributed by atoms with Crippen molar-refractivity contribution in [1.82, 2.24) is 10.7 Å². The smallest absolute Gasteiger partial charge is 0.187 e. The van der Waals surface area contributed by atoms with E-state index in [1.54, 1.807) is 6.21 Å². The monoisotopic (exact) mass is 299 g/mol. The lowest BCUT2D eigenvalue weighted by Crippen LogP contribution is -2.42. The Hall–Kier alpha value is -1.68. The Morgan fingerprint density at radius 1 is 1.19 bits per heavy atom. The summed E-state index contributed by atoms with van der Waals surface area (Å²) in [5, 5.41) is 8.16. The van der Waals surface area contributed by atoms with E-state index in [1.807, 2.05) is 30.4 Å². The van der Waals surface area contributed by atoms with Gasteiger partial charge >= 0.3 is 0 Å². The van der Waals surface area contributed by atoms with E-state index >= 15 is 0 Å². The van der Waals surface area contributed by atoms with E-state index in [2.05, 4.69) is 28.0 Å². The molecule has 4 heteroatoms.